The van der Waals surface area contributed by atoms with Crippen LogP contribution in [0.3, 0.4) is 0 Å². The minimum atomic E-state index is -2.20. The van der Waals surface area contributed by atoms with E-state index >= 15 is 4.39 Å². The van der Waals surface area contributed by atoms with Gasteiger partial charge in [-0.1, -0.05) is 37.4 Å². The van der Waals surface area contributed by atoms with Crippen LogP contribution in [0.2, 0.25) is 0 Å². The Balaban J connectivity index is 2.01. The molecule has 212 valence electrons. The van der Waals surface area contributed by atoms with Crippen molar-refractivity contribution in [1.29, 1.82) is 0 Å². The van der Waals surface area contributed by atoms with Crippen LogP contribution in [-0.2, 0) is 9.59 Å². The van der Waals surface area contributed by atoms with E-state index in [4.69, 9.17) is 18.9 Å². The first-order valence-electron chi connectivity index (χ1n) is 11.5. The summed E-state index contributed by atoms with van der Waals surface area (Å²) in [6, 6.07) is 11.9. The van der Waals surface area contributed by atoms with Gasteiger partial charge in [-0.3, -0.25) is 0 Å². The molecule has 3 rings (SSSR count). The van der Waals surface area contributed by atoms with E-state index < -0.39 is 29.9 Å². The van der Waals surface area contributed by atoms with Gasteiger partial charge in [-0.25, -0.2) is 14.0 Å². The first-order valence-corrected chi connectivity index (χ1v) is 11.5. The van der Waals surface area contributed by atoms with E-state index in [0.717, 1.165) is 18.2 Å². The van der Waals surface area contributed by atoms with Crippen molar-refractivity contribution in [1.82, 2.24) is 0 Å². The number of benzene rings is 3. The first kappa shape index (κ1) is 30.4. The number of rotatable bonds is 10. The van der Waals surface area contributed by atoms with Crippen LogP contribution in [0.5, 0.6) is 23.0 Å². The predicted molar refractivity (Wildman–Crippen MR) is 140 cm³/mol. The van der Waals surface area contributed by atoms with E-state index in [1.165, 1.54) is 50.2 Å². The van der Waals surface area contributed by atoms with Crippen LogP contribution in [0.25, 0.3) is 22.3 Å². The van der Waals surface area contributed by atoms with Crippen molar-refractivity contribution in [3.05, 3.63) is 109 Å². The lowest BCUT2D eigenvalue weighted by molar-refractivity contribution is -0.132. The van der Waals surface area contributed by atoms with Gasteiger partial charge in [0.2, 0.25) is 0 Å². The first-order chi connectivity index (χ1) is 19.3. The molecule has 0 aromatic heterocycles. The van der Waals surface area contributed by atoms with Crippen molar-refractivity contribution in [2.45, 2.75) is 13.8 Å². The van der Waals surface area contributed by atoms with Crippen molar-refractivity contribution in [2.24, 2.45) is 0 Å². The number of hydrogen-bond acceptors (Lipinski definition) is 6. The smallest absolute Gasteiger partial charge is 0.338 e. The maximum absolute atomic E-state index is 15.3. The lowest BCUT2D eigenvalue weighted by Crippen LogP contribution is -2.12. The molecule has 0 aliphatic heterocycles. The van der Waals surface area contributed by atoms with Gasteiger partial charge in [0, 0.05) is 16.7 Å². The second-order valence-electron chi connectivity index (χ2n) is 8.41. The van der Waals surface area contributed by atoms with E-state index in [9.17, 15) is 27.2 Å². The second-order valence-corrected chi connectivity index (χ2v) is 8.41. The molecule has 0 spiro atoms. The lowest BCUT2D eigenvalue weighted by atomic mass is 9.99. The molecule has 0 aliphatic rings. The maximum Gasteiger partial charge on any atom is 0.338 e. The fourth-order valence-electron chi connectivity index (χ4n) is 3.24. The Morgan fingerprint density at radius 2 is 1.10 bits per heavy atom. The average molecular weight is 572 g/mol. The number of halogens is 5. The van der Waals surface area contributed by atoms with Gasteiger partial charge in [-0.15, -0.1) is 0 Å². The third kappa shape index (κ3) is 8.15. The van der Waals surface area contributed by atoms with Crippen LogP contribution in [0.15, 0.2) is 104 Å². The Bertz CT molecular complexity index is 1580. The molecule has 0 N–H and O–H groups in total. The minimum absolute atomic E-state index is 0.0167. The molecule has 11 heteroatoms. The molecule has 0 unspecified atom stereocenters. The molecule has 0 fully saturated rings. The fourth-order valence-corrected chi connectivity index (χ4v) is 3.24. The van der Waals surface area contributed by atoms with Gasteiger partial charge >= 0.3 is 24.1 Å². The molecule has 0 bridgehead atoms. The van der Waals surface area contributed by atoms with Gasteiger partial charge in [-0.2, -0.15) is 17.6 Å². The van der Waals surface area contributed by atoms with Crippen LogP contribution in [0.1, 0.15) is 13.8 Å². The highest BCUT2D eigenvalue weighted by molar-refractivity contribution is 5.91. The molecule has 41 heavy (non-hydrogen) atoms. The third-order valence-corrected chi connectivity index (χ3v) is 5.15. The van der Waals surface area contributed by atoms with Crippen LogP contribution < -0.4 is 18.9 Å². The maximum atomic E-state index is 15.3. The molecule has 6 nitrogen and oxygen atoms in total. The van der Waals surface area contributed by atoms with Crippen LogP contribution in [0, 0.1) is 5.82 Å². The monoisotopic (exact) mass is 572 g/mol. The summed E-state index contributed by atoms with van der Waals surface area (Å²) >= 11 is 0. The van der Waals surface area contributed by atoms with Gasteiger partial charge in [0.15, 0.2) is 35.5 Å². The van der Waals surface area contributed by atoms with Gasteiger partial charge in [0.25, 0.3) is 0 Å². The largest absolute Gasteiger partial charge is 0.455 e. The minimum Gasteiger partial charge on any atom is -0.455 e. The van der Waals surface area contributed by atoms with E-state index in [1.54, 1.807) is 0 Å². The normalized spacial score (nSPS) is 10.2. The molecule has 0 amide bonds. The zero-order chi connectivity index (χ0) is 30.3. The Morgan fingerprint density at radius 1 is 0.634 bits per heavy atom. The highest BCUT2D eigenvalue weighted by Crippen LogP contribution is 2.38. The summed E-state index contributed by atoms with van der Waals surface area (Å²) in [6.45, 7) is 9.88. The number of hydrogen-bond donors (Lipinski definition) is 0. The van der Waals surface area contributed by atoms with E-state index in [0.29, 0.717) is 11.1 Å². The van der Waals surface area contributed by atoms with Crippen molar-refractivity contribution < 1.29 is 50.5 Å². The SMILES string of the molecule is C=C(C)C(=O)Oc1ccc(-c2ccc(-c3ccc(OC=C(F)F)c(OC=C(F)F)c3)c(F)c2)cc1OC(=O)C(=C)C. The van der Waals surface area contributed by atoms with E-state index in [1.807, 2.05) is 0 Å². The van der Waals surface area contributed by atoms with Gasteiger partial charge in [0.1, 0.15) is 5.82 Å². The van der Waals surface area contributed by atoms with Crippen LogP contribution in [-0.4, -0.2) is 11.9 Å². The van der Waals surface area contributed by atoms with Crippen molar-refractivity contribution >= 4 is 11.9 Å². The molecule has 0 aliphatic carbocycles. The van der Waals surface area contributed by atoms with Gasteiger partial charge in [0.05, 0.1) is 0 Å². The molecule has 0 saturated carbocycles. The summed E-state index contributed by atoms with van der Waals surface area (Å²) in [6.07, 6.45) is -4.19. The number of carbonyl (C=O) groups excluding carboxylic acids is 2. The number of ether oxygens (including phenoxy) is 4. The number of esters is 2. The molecular formula is C30H21F5O6. The highest BCUT2D eigenvalue weighted by atomic mass is 19.3. The summed E-state index contributed by atoms with van der Waals surface area (Å²) in [7, 11) is 0. The van der Waals surface area contributed by atoms with E-state index in [2.05, 4.69) is 13.2 Å². The van der Waals surface area contributed by atoms with Crippen LogP contribution >= 0.6 is 0 Å². The Labute approximate surface area is 231 Å². The summed E-state index contributed by atoms with van der Waals surface area (Å²) in [5.74, 6) is -3.18. The average Bonchev–Trinajstić information content (AvgIpc) is 2.91. The quantitative estimate of drug-likeness (QED) is 0.0800. The zero-order valence-electron chi connectivity index (χ0n) is 21.6. The second kappa shape index (κ2) is 13.2. The number of carbonyl (C=O) groups is 2. The Hall–Kier alpha value is -5.19. The predicted octanol–water partition coefficient (Wildman–Crippen LogP) is 8.36. The summed E-state index contributed by atoms with van der Waals surface area (Å²) in [5.41, 5.74) is 1.08. The molecule has 0 heterocycles. The lowest BCUT2D eigenvalue weighted by Gasteiger charge is -2.14. The molecule has 0 atom stereocenters. The molecule has 0 saturated heterocycles. The fraction of sp³-hybridized carbons (Fsp3) is 0.0667. The highest BCUT2D eigenvalue weighted by Gasteiger charge is 2.18. The van der Waals surface area contributed by atoms with E-state index in [-0.39, 0.29) is 57.8 Å². The van der Waals surface area contributed by atoms with Crippen molar-refractivity contribution in [2.75, 3.05) is 0 Å². The zero-order valence-corrected chi connectivity index (χ0v) is 21.6. The Kier molecular flexibility index (Phi) is 9.81. The van der Waals surface area contributed by atoms with Crippen LogP contribution in [0.4, 0.5) is 22.0 Å². The molecule has 3 aromatic rings. The molecule has 0 radical (unpaired) electrons. The van der Waals surface area contributed by atoms with Gasteiger partial charge < -0.3 is 18.9 Å². The molecular weight excluding hydrogens is 551 g/mol. The molecule has 3 aromatic carbocycles. The Morgan fingerprint density at radius 3 is 1.66 bits per heavy atom. The summed E-state index contributed by atoms with van der Waals surface area (Å²) < 4.78 is 85.4. The summed E-state index contributed by atoms with van der Waals surface area (Å²) in [5, 5.41) is 0. The standard InChI is InChI=1S/C30H21F5O6/c1-16(2)29(36)40-24-10-6-19(12-26(24)41-30(37)17(3)4)18-5-8-21(22(31)11-18)20-7-9-23(38-14-27(32)33)25(13-20)39-15-28(34)35/h5-15H,1,3H2,2,4H3. The third-order valence-electron chi connectivity index (χ3n) is 5.15. The van der Waals surface area contributed by atoms with Crippen molar-refractivity contribution in [3.8, 4) is 45.3 Å². The summed E-state index contributed by atoms with van der Waals surface area (Å²) in [4.78, 5) is 24.2. The van der Waals surface area contributed by atoms with Crippen molar-refractivity contribution in [3.63, 3.8) is 0 Å². The topological polar surface area (TPSA) is 71.1 Å². The van der Waals surface area contributed by atoms with Gasteiger partial charge in [-0.05, 0) is 60.9 Å².